The fourth-order valence-corrected chi connectivity index (χ4v) is 2.23. The molecule has 0 aliphatic heterocycles. The number of hydrogen-bond donors (Lipinski definition) is 0. The van der Waals surface area contributed by atoms with E-state index in [1.54, 1.807) is 12.2 Å². The largest absolute Gasteiger partial charge is 0.466 e. The summed E-state index contributed by atoms with van der Waals surface area (Å²) >= 11 is 0. The molecule has 0 amide bonds. The number of esters is 2. The zero-order valence-corrected chi connectivity index (χ0v) is 13.6. The molecule has 2 aromatic carbocycles. The van der Waals surface area contributed by atoms with Crippen LogP contribution >= 0.6 is 0 Å². The molecule has 0 radical (unpaired) electrons. The van der Waals surface area contributed by atoms with Crippen molar-refractivity contribution in [3.05, 3.63) is 71.8 Å². The van der Waals surface area contributed by atoms with Crippen LogP contribution in [-0.2, 0) is 19.1 Å². The average molecular weight is 322 g/mol. The van der Waals surface area contributed by atoms with E-state index in [-0.39, 0.29) is 0 Å². The van der Waals surface area contributed by atoms with Gasteiger partial charge in [-0.15, -0.1) is 0 Å². The fourth-order valence-electron chi connectivity index (χ4n) is 2.23. The Morgan fingerprint density at radius 3 is 1.46 bits per heavy atom. The predicted molar refractivity (Wildman–Crippen MR) is 94.0 cm³/mol. The summed E-state index contributed by atoms with van der Waals surface area (Å²) < 4.78 is 9.26. The summed E-state index contributed by atoms with van der Waals surface area (Å²) in [6.45, 7) is 0. The second kappa shape index (κ2) is 8.48. The summed E-state index contributed by atoms with van der Waals surface area (Å²) in [5.74, 6) is -0.827. The van der Waals surface area contributed by atoms with Crippen LogP contribution in [0.1, 0.15) is 11.1 Å². The Labute approximate surface area is 141 Å². The van der Waals surface area contributed by atoms with E-state index in [0.717, 1.165) is 22.3 Å². The third-order valence-corrected chi connectivity index (χ3v) is 3.41. The van der Waals surface area contributed by atoms with Crippen LogP contribution in [0.5, 0.6) is 0 Å². The molecule has 122 valence electrons. The van der Waals surface area contributed by atoms with Crippen LogP contribution < -0.4 is 0 Å². The molecule has 0 aliphatic rings. The van der Waals surface area contributed by atoms with Crippen LogP contribution in [0.3, 0.4) is 0 Å². The van der Waals surface area contributed by atoms with E-state index in [1.165, 1.54) is 26.4 Å². The SMILES string of the molecule is COC(=O)C=Cc1ccccc1-c1ccccc1C=CC(=O)OC. The van der Waals surface area contributed by atoms with E-state index in [2.05, 4.69) is 9.47 Å². The molecule has 0 aliphatic carbocycles. The second-order valence-electron chi connectivity index (χ2n) is 4.89. The monoisotopic (exact) mass is 322 g/mol. The first-order chi connectivity index (χ1) is 11.7. The van der Waals surface area contributed by atoms with Gasteiger partial charge in [-0.3, -0.25) is 0 Å². The lowest BCUT2D eigenvalue weighted by atomic mass is 9.95. The van der Waals surface area contributed by atoms with E-state index in [1.807, 2.05) is 48.5 Å². The zero-order valence-electron chi connectivity index (χ0n) is 13.6. The molecular weight excluding hydrogens is 304 g/mol. The van der Waals surface area contributed by atoms with Crippen LogP contribution in [0.4, 0.5) is 0 Å². The third kappa shape index (κ3) is 4.43. The number of carbonyl (C=O) groups is 2. The van der Waals surface area contributed by atoms with Crippen molar-refractivity contribution in [2.24, 2.45) is 0 Å². The van der Waals surface area contributed by atoms with Gasteiger partial charge >= 0.3 is 11.9 Å². The number of rotatable bonds is 5. The highest BCUT2D eigenvalue weighted by Crippen LogP contribution is 2.28. The number of ether oxygens (including phenoxy) is 2. The lowest BCUT2D eigenvalue weighted by molar-refractivity contribution is -0.135. The highest BCUT2D eigenvalue weighted by atomic mass is 16.5. The van der Waals surface area contributed by atoms with E-state index in [4.69, 9.17) is 0 Å². The van der Waals surface area contributed by atoms with Crippen LogP contribution in [0.15, 0.2) is 60.7 Å². The summed E-state index contributed by atoms with van der Waals surface area (Å²) in [6.07, 6.45) is 6.18. The number of hydrogen-bond acceptors (Lipinski definition) is 4. The summed E-state index contributed by atoms with van der Waals surface area (Å²) in [4.78, 5) is 22.7. The normalized spacial score (nSPS) is 10.9. The van der Waals surface area contributed by atoms with Crippen LogP contribution in [-0.4, -0.2) is 26.2 Å². The predicted octanol–water partition coefficient (Wildman–Crippen LogP) is 3.73. The maximum absolute atomic E-state index is 11.3. The zero-order chi connectivity index (χ0) is 17.4. The highest BCUT2D eigenvalue weighted by molar-refractivity contribution is 5.92. The van der Waals surface area contributed by atoms with Gasteiger partial charge in [0, 0.05) is 12.2 Å². The summed E-state index contributed by atoms with van der Waals surface area (Å²) in [7, 11) is 2.68. The molecule has 2 rings (SSSR count). The molecule has 0 fully saturated rings. The quantitative estimate of drug-likeness (QED) is 0.622. The Morgan fingerprint density at radius 2 is 1.08 bits per heavy atom. The van der Waals surface area contributed by atoms with Gasteiger partial charge in [0.05, 0.1) is 14.2 Å². The number of carbonyl (C=O) groups excluding carboxylic acids is 2. The molecule has 4 nitrogen and oxygen atoms in total. The van der Waals surface area contributed by atoms with E-state index < -0.39 is 11.9 Å². The molecule has 0 bridgehead atoms. The van der Waals surface area contributed by atoms with Crippen LogP contribution in [0.2, 0.25) is 0 Å². The Bertz CT molecular complexity index is 720. The molecule has 0 N–H and O–H groups in total. The molecule has 4 heteroatoms. The second-order valence-corrected chi connectivity index (χ2v) is 4.89. The maximum atomic E-state index is 11.3. The van der Waals surface area contributed by atoms with Gasteiger partial charge < -0.3 is 9.47 Å². The summed E-state index contributed by atoms with van der Waals surface area (Å²) in [5, 5.41) is 0. The Kier molecular flexibility index (Phi) is 6.08. The summed E-state index contributed by atoms with van der Waals surface area (Å²) in [6, 6.07) is 15.4. The van der Waals surface area contributed by atoms with E-state index in [9.17, 15) is 9.59 Å². The smallest absolute Gasteiger partial charge is 0.330 e. The molecule has 0 saturated heterocycles. The molecule has 2 aromatic rings. The number of benzene rings is 2. The molecule has 0 aromatic heterocycles. The van der Waals surface area contributed by atoms with Crippen molar-refractivity contribution in [1.82, 2.24) is 0 Å². The first-order valence-electron chi connectivity index (χ1n) is 7.36. The van der Waals surface area contributed by atoms with Crippen molar-refractivity contribution in [3.63, 3.8) is 0 Å². The minimum absolute atomic E-state index is 0.413. The molecule has 0 atom stereocenters. The van der Waals surface area contributed by atoms with Gasteiger partial charge in [-0.25, -0.2) is 9.59 Å². The molecule has 0 saturated carbocycles. The van der Waals surface area contributed by atoms with Gasteiger partial charge in [0.1, 0.15) is 0 Å². The van der Waals surface area contributed by atoms with Gasteiger partial charge in [-0.1, -0.05) is 48.5 Å². The first-order valence-corrected chi connectivity index (χ1v) is 7.36. The van der Waals surface area contributed by atoms with Crippen molar-refractivity contribution >= 4 is 24.1 Å². The Balaban J connectivity index is 2.46. The minimum atomic E-state index is -0.413. The van der Waals surface area contributed by atoms with Gasteiger partial charge in [0.25, 0.3) is 0 Å². The van der Waals surface area contributed by atoms with Crippen LogP contribution in [0, 0.1) is 0 Å². The minimum Gasteiger partial charge on any atom is -0.466 e. The van der Waals surface area contributed by atoms with Crippen molar-refractivity contribution in [3.8, 4) is 11.1 Å². The van der Waals surface area contributed by atoms with Gasteiger partial charge in [-0.2, -0.15) is 0 Å². The van der Waals surface area contributed by atoms with Gasteiger partial charge in [0.2, 0.25) is 0 Å². The lowest BCUT2D eigenvalue weighted by Gasteiger charge is -2.10. The highest BCUT2D eigenvalue weighted by Gasteiger charge is 2.07. The third-order valence-electron chi connectivity index (χ3n) is 3.41. The van der Waals surface area contributed by atoms with Crippen molar-refractivity contribution < 1.29 is 19.1 Å². The lowest BCUT2D eigenvalue weighted by Crippen LogP contribution is -1.95. The molecular formula is C20H18O4. The van der Waals surface area contributed by atoms with Crippen molar-refractivity contribution in [2.75, 3.05) is 14.2 Å². The van der Waals surface area contributed by atoms with Gasteiger partial charge in [-0.05, 0) is 34.4 Å². The average Bonchev–Trinajstić information content (AvgIpc) is 2.64. The standard InChI is InChI=1S/C20H18O4/c1-23-19(21)13-11-15-7-3-5-9-17(15)18-10-6-4-8-16(18)12-14-20(22)24-2/h3-14H,1-2H3. The first kappa shape index (κ1) is 17.2. The topological polar surface area (TPSA) is 52.6 Å². The fraction of sp³-hybridized carbons (Fsp3) is 0.100. The Morgan fingerprint density at radius 1 is 0.708 bits per heavy atom. The molecule has 0 unspecified atom stereocenters. The summed E-state index contributed by atoms with van der Waals surface area (Å²) in [5.41, 5.74) is 3.65. The Hall–Kier alpha value is -3.14. The van der Waals surface area contributed by atoms with Gasteiger partial charge in [0.15, 0.2) is 0 Å². The molecule has 0 heterocycles. The maximum Gasteiger partial charge on any atom is 0.330 e. The molecule has 24 heavy (non-hydrogen) atoms. The van der Waals surface area contributed by atoms with E-state index in [0.29, 0.717) is 0 Å². The van der Waals surface area contributed by atoms with Crippen LogP contribution in [0.25, 0.3) is 23.3 Å². The van der Waals surface area contributed by atoms with Crippen molar-refractivity contribution in [1.29, 1.82) is 0 Å². The number of methoxy groups -OCH3 is 2. The van der Waals surface area contributed by atoms with Crippen molar-refractivity contribution in [2.45, 2.75) is 0 Å². The van der Waals surface area contributed by atoms with E-state index >= 15 is 0 Å². The molecule has 0 spiro atoms.